The fourth-order valence-corrected chi connectivity index (χ4v) is 4.70. The van der Waals surface area contributed by atoms with Gasteiger partial charge in [0.25, 0.3) is 0 Å². The molecule has 0 aliphatic carbocycles. The lowest BCUT2D eigenvalue weighted by molar-refractivity contribution is -0.140. The predicted octanol–water partition coefficient (Wildman–Crippen LogP) is 2.83. The van der Waals surface area contributed by atoms with E-state index in [-0.39, 0.29) is 5.92 Å². The Morgan fingerprint density at radius 3 is 3.00 bits per heavy atom. The smallest absolute Gasteiger partial charge is 0.227 e. The first-order chi connectivity index (χ1) is 12.7. The maximum absolute atomic E-state index is 12.9. The average molecular weight is 374 g/mol. The second-order valence-corrected chi connectivity index (χ2v) is 8.25. The summed E-state index contributed by atoms with van der Waals surface area (Å²) < 4.78 is 0. The van der Waals surface area contributed by atoms with E-state index in [0.29, 0.717) is 18.5 Å². The number of aromatic amines is 1. The van der Waals surface area contributed by atoms with Gasteiger partial charge in [-0.3, -0.25) is 9.69 Å². The minimum atomic E-state index is 0.120. The maximum Gasteiger partial charge on any atom is 0.227 e. The summed E-state index contributed by atoms with van der Waals surface area (Å²) in [5, 5.41) is 2.05. The number of carbonyl (C=O) groups excluding carboxylic acids is 1. The summed E-state index contributed by atoms with van der Waals surface area (Å²) in [6.07, 6.45) is 7.44. The van der Waals surface area contributed by atoms with Crippen LogP contribution >= 0.6 is 11.3 Å². The Hall–Kier alpha value is -1.73. The van der Waals surface area contributed by atoms with Crippen molar-refractivity contribution >= 4 is 17.2 Å². The standard InChI is InChI=1S/C19H27N5OS/c1-2-3-4-18-20-7-15(22-18)9-23-8-14-5-6-17(11-23)24(19(14)25)10-16-12-26-13-21-16/h7,12-14,17H,2-6,8-11H2,1H3,(H,20,22)/t14-,17+/m0/s1. The Morgan fingerprint density at radius 2 is 2.19 bits per heavy atom. The number of nitrogens with zero attached hydrogens (tertiary/aromatic N) is 4. The summed E-state index contributed by atoms with van der Waals surface area (Å²) in [6.45, 7) is 5.50. The zero-order valence-electron chi connectivity index (χ0n) is 15.4. The quantitative estimate of drug-likeness (QED) is 0.810. The highest BCUT2D eigenvalue weighted by Gasteiger charge is 2.40. The molecule has 0 aromatic carbocycles. The summed E-state index contributed by atoms with van der Waals surface area (Å²) in [5.74, 6) is 1.51. The van der Waals surface area contributed by atoms with Crippen LogP contribution in [-0.2, 0) is 24.3 Å². The minimum Gasteiger partial charge on any atom is -0.345 e. The molecule has 2 aromatic rings. The van der Waals surface area contributed by atoms with E-state index in [1.165, 1.54) is 12.8 Å². The van der Waals surface area contributed by atoms with Crippen molar-refractivity contribution in [2.75, 3.05) is 13.1 Å². The number of hydrogen-bond acceptors (Lipinski definition) is 5. The molecule has 3 fully saturated rings. The molecule has 2 bridgehead atoms. The first-order valence-electron chi connectivity index (χ1n) is 9.65. The van der Waals surface area contributed by atoms with E-state index >= 15 is 0 Å². The Morgan fingerprint density at radius 1 is 1.27 bits per heavy atom. The van der Waals surface area contributed by atoms with Gasteiger partial charge in [-0.15, -0.1) is 11.3 Å². The van der Waals surface area contributed by atoms with Crippen molar-refractivity contribution in [1.29, 1.82) is 0 Å². The van der Waals surface area contributed by atoms with Crippen molar-refractivity contribution in [3.63, 3.8) is 0 Å². The van der Waals surface area contributed by atoms with Crippen LogP contribution in [0.25, 0.3) is 0 Å². The largest absolute Gasteiger partial charge is 0.345 e. The number of unbranched alkanes of at least 4 members (excludes halogenated alkanes) is 1. The topological polar surface area (TPSA) is 65.1 Å². The SMILES string of the molecule is CCCCc1ncc(CN2C[C@@H]3CC[C@H](C2)N(Cc2cscn2)C3=O)[nH]1. The van der Waals surface area contributed by atoms with Gasteiger partial charge in [0.1, 0.15) is 5.82 Å². The zero-order valence-corrected chi connectivity index (χ0v) is 16.2. The van der Waals surface area contributed by atoms with Gasteiger partial charge in [0.05, 0.1) is 23.7 Å². The van der Waals surface area contributed by atoms with Gasteiger partial charge < -0.3 is 9.88 Å². The van der Waals surface area contributed by atoms with Crippen LogP contribution < -0.4 is 0 Å². The van der Waals surface area contributed by atoms with Crippen molar-refractivity contribution in [1.82, 2.24) is 24.8 Å². The molecule has 5 heterocycles. The number of hydrogen-bond donors (Lipinski definition) is 1. The van der Waals surface area contributed by atoms with Crippen molar-refractivity contribution in [2.24, 2.45) is 5.92 Å². The molecule has 26 heavy (non-hydrogen) atoms. The van der Waals surface area contributed by atoms with Crippen molar-refractivity contribution in [2.45, 2.75) is 58.2 Å². The number of aryl methyl sites for hydroxylation is 1. The molecule has 0 unspecified atom stereocenters. The van der Waals surface area contributed by atoms with Gasteiger partial charge in [0, 0.05) is 49.4 Å². The molecule has 1 amide bonds. The van der Waals surface area contributed by atoms with Crippen LogP contribution in [0.15, 0.2) is 17.1 Å². The highest BCUT2D eigenvalue weighted by atomic mass is 32.1. The lowest BCUT2D eigenvalue weighted by Crippen LogP contribution is -2.47. The Bertz CT molecular complexity index is 728. The summed E-state index contributed by atoms with van der Waals surface area (Å²) in [4.78, 5) is 29.8. The zero-order chi connectivity index (χ0) is 17.9. The van der Waals surface area contributed by atoms with Gasteiger partial charge >= 0.3 is 0 Å². The minimum absolute atomic E-state index is 0.120. The number of aromatic nitrogens is 3. The van der Waals surface area contributed by atoms with E-state index in [1.807, 2.05) is 17.1 Å². The van der Waals surface area contributed by atoms with Gasteiger partial charge in [0.15, 0.2) is 0 Å². The molecule has 1 N–H and O–H groups in total. The van der Waals surface area contributed by atoms with E-state index in [2.05, 4.69) is 31.7 Å². The van der Waals surface area contributed by atoms with Crippen LogP contribution in [0.1, 0.15) is 49.8 Å². The third-order valence-corrected chi connectivity index (χ3v) is 6.16. The van der Waals surface area contributed by atoms with E-state index < -0.39 is 0 Å². The lowest BCUT2D eigenvalue weighted by atomic mass is 9.94. The van der Waals surface area contributed by atoms with Gasteiger partial charge in [-0.1, -0.05) is 13.3 Å². The van der Waals surface area contributed by atoms with Crippen molar-refractivity contribution < 1.29 is 4.79 Å². The first kappa shape index (κ1) is 17.7. The molecule has 0 spiro atoms. The number of rotatable bonds is 7. The molecular formula is C19H27N5OS. The lowest BCUT2D eigenvalue weighted by Gasteiger charge is -2.35. The van der Waals surface area contributed by atoms with Crippen LogP contribution in [0.2, 0.25) is 0 Å². The van der Waals surface area contributed by atoms with Crippen molar-refractivity contribution in [3.8, 4) is 0 Å². The highest BCUT2D eigenvalue weighted by molar-refractivity contribution is 7.07. The molecule has 3 aliphatic heterocycles. The van der Waals surface area contributed by atoms with Gasteiger partial charge in [-0.05, 0) is 19.3 Å². The summed E-state index contributed by atoms with van der Waals surface area (Å²) in [7, 11) is 0. The van der Waals surface area contributed by atoms with Crippen LogP contribution in [0, 0.1) is 5.92 Å². The Labute approximate surface area is 158 Å². The molecule has 0 radical (unpaired) electrons. The molecule has 140 valence electrons. The van der Waals surface area contributed by atoms with E-state index in [0.717, 1.165) is 56.1 Å². The number of imidazole rings is 1. The molecule has 2 atom stereocenters. The highest BCUT2D eigenvalue weighted by Crippen LogP contribution is 2.31. The number of carbonyl (C=O) groups is 1. The monoisotopic (exact) mass is 373 g/mol. The number of piperidine rings is 1. The van der Waals surface area contributed by atoms with Crippen LogP contribution in [0.5, 0.6) is 0 Å². The van der Waals surface area contributed by atoms with Gasteiger partial charge in [-0.2, -0.15) is 0 Å². The summed E-state index contributed by atoms with van der Waals surface area (Å²) in [5.41, 5.74) is 4.02. The third-order valence-electron chi connectivity index (χ3n) is 5.53. The molecule has 5 rings (SSSR count). The van der Waals surface area contributed by atoms with Crippen molar-refractivity contribution in [3.05, 3.63) is 34.3 Å². The summed E-state index contributed by atoms with van der Waals surface area (Å²) in [6, 6.07) is 0.297. The summed E-state index contributed by atoms with van der Waals surface area (Å²) >= 11 is 1.59. The van der Waals surface area contributed by atoms with Crippen LogP contribution in [-0.4, -0.2) is 49.8 Å². The normalized spacial score (nSPS) is 23.6. The fourth-order valence-electron chi connectivity index (χ4n) is 4.16. The molecule has 7 heteroatoms. The average Bonchev–Trinajstić information content (AvgIpc) is 3.24. The Balaban J connectivity index is 1.42. The number of nitrogens with one attached hydrogen (secondary N) is 1. The Kier molecular flexibility index (Phi) is 5.36. The predicted molar refractivity (Wildman–Crippen MR) is 102 cm³/mol. The molecule has 6 nitrogen and oxygen atoms in total. The van der Waals surface area contributed by atoms with Crippen LogP contribution in [0.4, 0.5) is 0 Å². The van der Waals surface area contributed by atoms with Crippen LogP contribution in [0.3, 0.4) is 0 Å². The molecule has 3 saturated heterocycles. The molecule has 0 saturated carbocycles. The third kappa shape index (κ3) is 3.83. The number of thiazole rings is 1. The number of H-pyrrole nitrogens is 1. The second-order valence-electron chi connectivity index (χ2n) is 7.53. The number of amides is 1. The van der Waals surface area contributed by atoms with E-state index in [4.69, 9.17) is 0 Å². The number of fused-ring (bicyclic) bond motifs is 4. The fraction of sp³-hybridized carbons (Fsp3) is 0.632. The molecule has 3 aliphatic rings. The van der Waals surface area contributed by atoms with Gasteiger partial charge in [0.2, 0.25) is 5.91 Å². The molecule has 2 aromatic heterocycles. The van der Waals surface area contributed by atoms with E-state index in [1.54, 1.807) is 11.3 Å². The maximum atomic E-state index is 12.9. The second kappa shape index (κ2) is 7.88. The van der Waals surface area contributed by atoms with E-state index in [9.17, 15) is 4.79 Å². The van der Waals surface area contributed by atoms with Gasteiger partial charge in [-0.25, -0.2) is 9.97 Å². The molecular weight excluding hydrogens is 346 g/mol. The first-order valence-corrected chi connectivity index (χ1v) is 10.6.